The zero-order valence-corrected chi connectivity index (χ0v) is 13.6. The van der Waals surface area contributed by atoms with Crippen LogP contribution >= 0.6 is 11.6 Å². The Bertz CT molecular complexity index is 501. The van der Waals surface area contributed by atoms with Crippen LogP contribution in [-0.2, 0) is 19.1 Å². The van der Waals surface area contributed by atoms with Crippen molar-refractivity contribution in [1.82, 2.24) is 0 Å². The standard InChI is InChI=1S/C16H21ClO5/c1-3-4-5-8-21-15(18)10-20-11-16(19)22-14-7-6-13(17)9-12(14)2/h6-7,9H,3-5,8,10-11H2,1-2H3. The minimum absolute atomic E-state index is 0.263. The largest absolute Gasteiger partial charge is 0.464 e. The SMILES string of the molecule is CCCCCOC(=O)COCC(=O)Oc1ccc(Cl)cc1C. The minimum atomic E-state index is -0.579. The van der Waals surface area contributed by atoms with Gasteiger partial charge >= 0.3 is 11.9 Å². The zero-order valence-electron chi connectivity index (χ0n) is 12.9. The highest BCUT2D eigenvalue weighted by Crippen LogP contribution is 2.21. The molecule has 0 spiro atoms. The van der Waals surface area contributed by atoms with Gasteiger partial charge in [-0.3, -0.25) is 0 Å². The van der Waals surface area contributed by atoms with Crippen LogP contribution in [-0.4, -0.2) is 31.8 Å². The average Bonchev–Trinajstić information content (AvgIpc) is 2.47. The molecule has 0 unspecified atom stereocenters. The van der Waals surface area contributed by atoms with Crippen molar-refractivity contribution in [3.63, 3.8) is 0 Å². The maximum Gasteiger partial charge on any atom is 0.337 e. The van der Waals surface area contributed by atoms with Gasteiger partial charge in [0, 0.05) is 5.02 Å². The molecular formula is C16H21ClO5. The Labute approximate surface area is 135 Å². The van der Waals surface area contributed by atoms with Gasteiger partial charge < -0.3 is 14.2 Å². The Balaban J connectivity index is 2.21. The summed E-state index contributed by atoms with van der Waals surface area (Å²) in [5, 5.41) is 0.569. The molecule has 6 heteroatoms. The van der Waals surface area contributed by atoms with Crippen LogP contribution in [0.15, 0.2) is 18.2 Å². The monoisotopic (exact) mass is 328 g/mol. The highest BCUT2D eigenvalue weighted by molar-refractivity contribution is 6.30. The molecule has 0 aromatic heterocycles. The van der Waals surface area contributed by atoms with Crippen LogP contribution in [0.4, 0.5) is 0 Å². The van der Waals surface area contributed by atoms with Crippen molar-refractivity contribution in [2.24, 2.45) is 0 Å². The molecule has 0 bridgehead atoms. The number of ether oxygens (including phenoxy) is 3. The second-order valence-corrected chi connectivity index (χ2v) is 5.24. The zero-order chi connectivity index (χ0) is 16.4. The third-order valence-electron chi connectivity index (χ3n) is 2.81. The molecule has 122 valence electrons. The second-order valence-electron chi connectivity index (χ2n) is 4.80. The lowest BCUT2D eigenvalue weighted by molar-refractivity contribution is -0.152. The number of hydrogen-bond acceptors (Lipinski definition) is 5. The van der Waals surface area contributed by atoms with Gasteiger partial charge in [-0.05, 0) is 37.1 Å². The molecule has 0 amide bonds. The minimum Gasteiger partial charge on any atom is -0.464 e. The van der Waals surface area contributed by atoms with Gasteiger partial charge in [0.1, 0.15) is 19.0 Å². The van der Waals surface area contributed by atoms with Gasteiger partial charge in [0.05, 0.1) is 6.61 Å². The van der Waals surface area contributed by atoms with Crippen molar-refractivity contribution in [2.45, 2.75) is 33.1 Å². The molecular weight excluding hydrogens is 308 g/mol. The third kappa shape index (κ3) is 7.43. The Hall–Kier alpha value is -1.59. The molecule has 5 nitrogen and oxygen atoms in total. The second kappa shape index (κ2) is 10.2. The summed E-state index contributed by atoms with van der Waals surface area (Å²) in [5.41, 5.74) is 0.746. The fourth-order valence-electron chi connectivity index (χ4n) is 1.68. The maximum absolute atomic E-state index is 11.6. The molecule has 1 rings (SSSR count). The highest BCUT2D eigenvalue weighted by atomic mass is 35.5. The van der Waals surface area contributed by atoms with E-state index >= 15 is 0 Å². The average molecular weight is 329 g/mol. The third-order valence-corrected chi connectivity index (χ3v) is 3.05. The smallest absolute Gasteiger partial charge is 0.337 e. The van der Waals surface area contributed by atoms with Crippen LogP contribution in [0.2, 0.25) is 5.02 Å². The van der Waals surface area contributed by atoms with E-state index in [1.807, 2.05) is 0 Å². The van der Waals surface area contributed by atoms with Crippen LogP contribution in [0.5, 0.6) is 5.75 Å². The summed E-state index contributed by atoms with van der Waals surface area (Å²) < 4.78 is 15.0. The van der Waals surface area contributed by atoms with E-state index in [2.05, 4.69) is 6.92 Å². The number of hydrogen-bond donors (Lipinski definition) is 0. The predicted octanol–water partition coefficient (Wildman–Crippen LogP) is 3.30. The Morgan fingerprint density at radius 2 is 1.86 bits per heavy atom. The summed E-state index contributed by atoms with van der Waals surface area (Å²) in [6.45, 7) is 3.65. The van der Waals surface area contributed by atoms with Gasteiger partial charge in [-0.1, -0.05) is 31.4 Å². The van der Waals surface area contributed by atoms with Crippen LogP contribution in [0.1, 0.15) is 31.7 Å². The van der Waals surface area contributed by atoms with E-state index in [0.29, 0.717) is 17.4 Å². The lowest BCUT2D eigenvalue weighted by atomic mass is 10.2. The van der Waals surface area contributed by atoms with Crippen molar-refractivity contribution in [2.75, 3.05) is 19.8 Å². The Morgan fingerprint density at radius 3 is 2.55 bits per heavy atom. The van der Waals surface area contributed by atoms with Gasteiger partial charge in [-0.15, -0.1) is 0 Å². The van der Waals surface area contributed by atoms with Gasteiger partial charge in [0.15, 0.2) is 0 Å². The topological polar surface area (TPSA) is 61.8 Å². The molecule has 1 aromatic rings. The van der Waals surface area contributed by atoms with Gasteiger partial charge in [0.2, 0.25) is 0 Å². The van der Waals surface area contributed by atoms with Crippen LogP contribution < -0.4 is 4.74 Å². The first-order valence-corrected chi connectivity index (χ1v) is 7.61. The normalized spacial score (nSPS) is 10.3. The van der Waals surface area contributed by atoms with Crippen molar-refractivity contribution < 1.29 is 23.8 Å². The van der Waals surface area contributed by atoms with Crippen molar-refractivity contribution in [3.05, 3.63) is 28.8 Å². The number of unbranched alkanes of at least 4 members (excludes halogenated alkanes) is 2. The molecule has 0 aliphatic heterocycles. The highest BCUT2D eigenvalue weighted by Gasteiger charge is 2.10. The first-order chi connectivity index (χ1) is 10.5. The Kier molecular flexibility index (Phi) is 8.55. The van der Waals surface area contributed by atoms with Crippen LogP contribution in [0, 0.1) is 6.92 Å². The van der Waals surface area contributed by atoms with Crippen molar-refractivity contribution in [3.8, 4) is 5.75 Å². The quantitative estimate of drug-likeness (QED) is 0.395. The van der Waals surface area contributed by atoms with Gasteiger partial charge in [-0.2, -0.15) is 0 Å². The van der Waals surface area contributed by atoms with Gasteiger partial charge in [0.25, 0.3) is 0 Å². The molecule has 0 aliphatic carbocycles. The van der Waals surface area contributed by atoms with E-state index in [4.69, 9.17) is 25.8 Å². The molecule has 0 N–H and O–H groups in total. The van der Waals surface area contributed by atoms with Crippen molar-refractivity contribution in [1.29, 1.82) is 0 Å². The number of aryl methyl sites for hydroxylation is 1. The molecule has 22 heavy (non-hydrogen) atoms. The molecule has 0 heterocycles. The first kappa shape index (κ1) is 18.5. The summed E-state index contributed by atoms with van der Waals surface area (Å²) in [7, 11) is 0. The summed E-state index contributed by atoms with van der Waals surface area (Å²) in [4.78, 5) is 22.9. The number of halogens is 1. The van der Waals surface area contributed by atoms with E-state index in [9.17, 15) is 9.59 Å². The molecule has 0 fully saturated rings. The summed E-state index contributed by atoms with van der Waals surface area (Å²) in [6.07, 6.45) is 2.91. The molecule has 0 atom stereocenters. The summed E-state index contributed by atoms with van der Waals surface area (Å²) in [6, 6.07) is 4.93. The lowest BCUT2D eigenvalue weighted by Gasteiger charge is -2.08. The summed E-state index contributed by atoms with van der Waals surface area (Å²) >= 11 is 5.82. The van der Waals surface area contributed by atoms with E-state index in [1.165, 1.54) is 0 Å². The fraction of sp³-hybridized carbons (Fsp3) is 0.500. The van der Waals surface area contributed by atoms with E-state index in [1.54, 1.807) is 25.1 Å². The van der Waals surface area contributed by atoms with Crippen LogP contribution in [0.3, 0.4) is 0 Å². The van der Waals surface area contributed by atoms with Gasteiger partial charge in [-0.25, -0.2) is 9.59 Å². The summed E-state index contributed by atoms with van der Waals surface area (Å²) in [5.74, 6) is -0.643. The Morgan fingerprint density at radius 1 is 1.14 bits per heavy atom. The molecule has 0 radical (unpaired) electrons. The molecule has 0 saturated heterocycles. The van der Waals surface area contributed by atoms with E-state index < -0.39 is 11.9 Å². The molecule has 0 aliphatic rings. The maximum atomic E-state index is 11.6. The fourth-order valence-corrected chi connectivity index (χ4v) is 1.90. The van der Waals surface area contributed by atoms with Crippen molar-refractivity contribution >= 4 is 23.5 Å². The number of carbonyl (C=O) groups excluding carboxylic acids is 2. The van der Waals surface area contributed by atoms with E-state index in [-0.39, 0.29) is 13.2 Å². The number of benzene rings is 1. The number of carbonyl (C=O) groups is 2. The number of esters is 2. The number of rotatable bonds is 9. The molecule has 1 aromatic carbocycles. The molecule has 0 saturated carbocycles. The van der Waals surface area contributed by atoms with E-state index in [0.717, 1.165) is 24.8 Å². The van der Waals surface area contributed by atoms with Crippen LogP contribution in [0.25, 0.3) is 0 Å². The first-order valence-electron chi connectivity index (χ1n) is 7.23. The lowest BCUT2D eigenvalue weighted by Crippen LogP contribution is -2.20. The predicted molar refractivity (Wildman–Crippen MR) is 83.1 cm³/mol.